The molecule has 2 aromatic heterocycles. The first-order valence-corrected chi connectivity index (χ1v) is 10.7. The number of pyridine rings is 1. The summed E-state index contributed by atoms with van der Waals surface area (Å²) in [4.78, 5) is 13.3. The van der Waals surface area contributed by atoms with Crippen molar-refractivity contribution in [2.24, 2.45) is 5.92 Å². The van der Waals surface area contributed by atoms with Gasteiger partial charge < -0.3 is 20.5 Å². The zero-order chi connectivity index (χ0) is 22.1. The largest absolute Gasteiger partial charge is 0.476 e. The molecule has 3 N–H and O–H groups in total. The van der Waals surface area contributed by atoms with Gasteiger partial charge in [-0.15, -0.1) is 0 Å². The van der Waals surface area contributed by atoms with Gasteiger partial charge in [0.05, 0.1) is 30.2 Å². The molecule has 0 bridgehead atoms. The van der Waals surface area contributed by atoms with Crippen LogP contribution in [0.4, 0.5) is 17.3 Å². The van der Waals surface area contributed by atoms with E-state index in [2.05, 4.69) is 31.7 Å². The Morgan fingerprint density at radius 3 is 2.94 bits per heavy atom. The highest BCUT2D eigenvalue weighted by Crippen LogP contribution is 2.41. The highest BCUT2D eigenvalue weighted by Gasteiger charge is 2.36. The second-order valence-corrected chi connectivity index (χ2v) is 8.63. The summed E-state index contributed by atoms with van der Waals surface area (Å²) < 4.78 is 5.87. The predicted molar refractivity (Wildman–Crippen MR) is 121 cm³/mol. The molecule has 162 valence electrons. The Labute approximate surface area is 186 Å². The summed E-state index contributed by atoms with van der Waals surface area (Å²) in [6.07, 6.45) is 5.79. The van der Waals surface area contributed by atoms with E-state index in [4.69, 9.17) is 4.74 Å². The highest BCUT2D eigenvalue weighted by molar-refractivity contribution is 5.76. The lowest BCUT2D eigenvalue weighted by Crippen LogP contribution is -2.28. The van der Waals surface area contributed by atoms with Crippen LogP contribution in [0.5, 0.6) is 5.88 Å². The maximum absolute atomic E-state index is 9.94. The van der Waals surface area contributed by atoms with Gasteiger partial charge in [0.1, 0.15) is 11.8 Å². The lowest BCUT2D eigenvalue weighted by molar-refractivity contribution is 0.219. The Hall–Kier alpha value is -3.70. The van der Waals surface area contributed by atoms with Crippen molar-refractivity contribution in [3.05, 3.63) is 53.9 Å². The maximum Gasteiger partial charge on any atom is 0.237 e. The average molecular weight is 428 g/mol. The van der Waals surface area contributed by atoms with Crippen molar-refractivity contribution in [3.63, 3.8) is 0 Å². The first kappa shape index (κ1) is 20.2. The molecule has 1 aliphatic carbocycles. The predicted octanol–water partition coefficient (Wildman–Crippen LogP) is 3.62. The molecule has 8 heteroatoms. The third-order valence-corrected chi connectivity index (χ3v) is 6.03. The molecule has 5 rings (SSSR count). The number of fused-ring (bicyclic) bond motifs is 1. The van der Waals surface area contributed by atoms with Crippen LogP contribution in [0.25, 0.3) is 11.3 Å². The lowest BCUT2D eigenvalue weighted by Gasteiger charge is -2.21. The van der Waals surface area contributed by atoms with E-state index in [1.165, 1.54) is 12.8 Å². The molecule has 3 aromatic rings. The molecule has 0 radical (unpaired) electrons. The van der Waals surface area contributed by atoms with Crippen LogP contribution in [0.2, 0.25) is 0 Å². The van der Waals surface area contributed by atoms with Crippen molar-refractivity contribution in [3.8, 4) is 23.2 Å². The minimum atomic E-state index is -0.450. The molecule has 1 aromatic carbocycles. The van der Waals surface area contributed by atoms with E-state index >= 15 is 0 Å². The Balaban J connectivity index is 1.46. The second-order valence-electron chi connectivity index (χ2n) is 8.63. The van der Waals surface area contributed by atoms with Crippen LogP contribution in [-0.4, -0.2) is 39.8 Å². The topological polar surface area (TPSA) is 116 Å². The number of benzene rings is 1. The summed E-state index contributed by atoms with van der Waals surface area (Å²) in [5.41, 5.74) is 3.97. The van der Waals surface area contributed by atoms with E-state index in [0.29, 0.717) is 47.8 Å². The van der Waals surface area contributed by atoms with E-state index in [1.54, 1.807) is 18.5 Å². The number of hydrogen-bond donors (Lipinski definition) is 3. The quantitative estimate of drug-likeness (QED) is 0.523. The molecule has 32 heavy (non-hydrogen) atoms. The van der Waals surface area contributed by atoms with Crippen molar-refractivity contribution in [2.75, 3.05) is 30.4 Å². The van der Waals surface area contributed by atoms with Gasteiger partial charge in [-0.2, -0.15) is 5.26 Å². The van der Waals surface area contributed by atoms with Crippen LogP contribution in [0.15, 0.2) is 42.7 Å². The number of ether oxygens (including phenoxy) is 1. The summed E-state index contributed by atoms with van der Waals surface area (Å²) >= 11 is 0. The zero-order valence-electron chi connectivity index (χ0n) is 17.8. The van der Waals surface area contributed by atoms with Gasteiger partial charge in [0.25, 0.3) is 0 Å². The minimum Gasteiger partial charge on any atom is -0.476 e. The maximum atomic E-state index is 9.94. The number of aliphatic hydroxyl groups is 1. The Kier molecular flexibility index (Phi) is 5.11. The number of aliphatic hydroxyl groups excluding tert-OH is 1. The number of rotatable bonds is 7. The lowest BCUT2D eigenvalue weighted by atomic mass is 9.83. The van der Waals surface area contributed by atoms with Crippen LogP contribution in [0.1, 0.15) is 30.9 Å². The fraction of sp³-hybridized carbons (Fsp3) is 0.333. The molecule has 0 unspecified atom stereocenters. The molecule has 3 heterocycles. The standard InChI is InChI=1S/C24H24N6O2/c1-24(14-31)13-28-21-17(11-25)9-16(10-18(21)24)19-6-8-27-23(29-19)30-20-3-2-7-26-22(20)32-12-15-4-5-15/h2-3,6-10,15,28,31H,4-5,12-14H2,1H3,(H,27,29,30)/t24-/m1/s1. The van der Waals surface area contributed by atoms with Gasteiger partial charge in [-0.05, 0) is 54.7 Å². The molecule has 1 atom stereocenters. The second kappa shape index (κ2) is 8.09. The van der Waals surface area contributed by atoms with Gasteiger partial charge in [-0.25, -0.2) is 15.0 Å². The van der Waals surface area contributed by atoms with E-state index < -0.39 is 5.41 Å². The summed E-state index contributed by atoms with van der Waals surface area (Å²) in [5.74, 6) is 1.56. The summed E-state index contributed by atoms with van der Waals surface area (Å²) in [5, 5.41) is 26.1. The number of aromatic nitrogens is 3. The molecule has 1 saturated carbocycles. The molecule has 1 aliphatic heterocycles. The van der Waals surface area contributed by atoms with Crippen LogP contribution >= 0.6 is 0 Å². The van der Waals surface area contributed by atoms with Crippen molar-refractivity contribution in [1.82, 2.24) is 15.0 Å². The van der Waals surface area contributed by atoms with Crippen molar-refractivity contribution in [1.29, 1.82) is 5.26 Å². The summed E-state index contributed by atoms with van der Waals surface area (Å²) in [6, 6.07) is 11.6. The minimum absolute atomic E-state index is 0.0114. The van der Waals surface area contributed by atoms with Gasteiger partial charge >= 0.3 is 0 Å². The van der Waals surface area contributed by atoms with Gasteiger partial charge in [-0.3, -0.25) is 0 Å². The molecule has 0 amide bonds. The SMILES string of the molecule is C[C@]1(CO)CNc2c(C#N)cc(-c3ccnc(Nc4cccnc4OCC4CC4)n3)cc21. The molecule has 0 spiro atoms. The smallest absolute Gasteiger partial charge is 0.237 e. The monoisotopic (exact) mass is 428 g/mol. The number of nitriles is 1. The number of nitrogens with one attached hydrogen (secondary N) is 2. The van der Waals surface area contributed by atoms with Crippen molar-refractivity contribution in [2.45, 2.75) is 25.2 Å². The van der Waals surface area contributed by atoms with Gasteiger partial charge in [0, 0.05) is 29.9 Å². The van der Waals surface area contributed by atoms with Crippen LogP contribution in [-0.2, 0) is 5.41 Å². The van der Waals surface area contributed by atoms with Crippen LogP contribution < -0.4 is 15.4 Å². The third-order valence-electron chi connectivity index (χ3n) is 6.03. The normalized spacial score (nSPS) is 19.0. The fourth-order valence-electron chi connectivity index (χ4n) is 3.85. The first-order chi connectivity index (χ1) is 15.6. The van der Waals surface area contributed by atoms with Crippen molar-refractivity contribution < 1.29 is 9.84 Å². The van der Waals surface area contributed by atoms with Gasteiger partial charge in [0.15, 0.2) is 0 Å². The summed E-state index contributed by atoms with van der Waals surface area (Å²) in [6.45, 7) is 3.21. The first-order valence-electron chi connectivity index (χ1n) is 10.7. The molecule has 8 nitrogen and oxygen atoms in total. The Morgan fingerprint density at radius 2 is 2.16 bits per heavy atom. The molecular weight excluding hydrogens is 404 g/mol. The Morgan fingerprint density at radius 1 is 1.28 bits per heavy atom. The number of hydrogen-bond acceptors (Lipinski definition) is 8. The van der Waals surface area contributed by atoms with Crippen LogP contribution in [0.3, 0.4) is 0 Å². The highest BCUT2D eigenvalue weighted by atomic mass is 16.5. The fourth-order valence-corrected chi connectivity index (χ4v) is 3.85. The van der Waals surface area contributed by atoms with E-state index in [1.807, 2.05) is 31.2 Å². The van der Waals surface area contributed by atoms with E-state index in [9.17, 15) is 10.4 Å². The Bertz CT molecular complexity index is 1200. The van der Waals surface area contributed by atoms with Crippen LogP contribution in [0, 0.1) is 17.2 Å². The number of nitrogens with zero attached hydrogens (tertiary/aromatic N) is 4. The van der Waals surface area contributed by atoms with E-state index in [-0.39, 0.29) is 6.61 Å². The molecule has 1 fully saturated rings. The molecule has 0 saturated heterocycles. The number of anilines is 3. The molecule has 2 aliphatic rings. The van der Waals surface area contributed by atoms with Gasteiger partial charge in [-0.1, -0.05) is 6.92 Å². The summed E-state index contributed by atoms with van der Waals surface area (Å²) in [7, 11) is 0. The average Bonchev–Trinajstić information content (AvgIpc) is 3.60. The third kappa shape index (κ3) is 3.83. The zero-order valence-corrected chi connectivity index (χ0v) is 17.8. The van der Waals surface area contributed by atoms with Crippen molar-refractivity contribution >= 4 is 17.3 Å². The van der Waals surface area contributed by atoms with E-state index in [0.717, 1.165) is 16.8 Å². The van der Waals surface area contributed by atoms with Gasteiger partial charge in [0.2, 0.25) is 11.8 Å². The molecular formula is C24H24N6O2.